The van der Waals surface area contributed by atoms with Gasteiger partial charge in [0.15, 0.2) is 0 Å². The van der Waals surface area contributed by atoms with E-state index in [1.165, 1.54) is 41.0 Å². The average molecular weight is 335 g/mol. The molecule has 0 spiro atoms. The van der Waals surface area contributed by atoms with Crippen LogP contribution in [0.1, 0.15) is 24.1 Å². The Morgan fingerprint density at radius 2 is 2.05 bits per heavy atom. The minimum atomic E-state index is 0.682. The number of anilines is 1. The molecule has 2 aliphatic rings. The number of hydrogen-bond acceptors (Lipinski definition) is 6. The normalized spacial score (nSPS) is 23.5. The number of thioether (sulfide) groups is 1. The van der Waals surface area contributed by atoms with Crippen LogP contribution >= 0.6 is 23.1 Å². The number of fused-ring (bicyclic) bond motifs is 1. The van der Waals surface area contributed by atoms with E-state index in [0.717, 1.165) is 29.8 Å². The summed E-state index contributed by atoms with van der Waals surface area (Å²) in [7, 11) is 0. The third-order valence-corrected chi connectivity index (χ3v) is 6.75. The topological polar surface area (TPSA) is 41.0 Å². The first-order chi connectivity index (χ1) is 10.8. The molecule has 2 aliphatic heterocycles. The van der Waals surface area contributed by atoms with Gasteiger partial charge in [-0.25, -0.2) is 9.97 Å². The molecule has 6 heteroatoms. The highest BCUT2D eigenvalue weighted by Crippen LogP contribution is 2.31. The quantitative estimate of drug-likeness (QED) is 0.934. The summed E-state index contributed by atoms with van der Waals surface area (Å²) in [5.74, 6) is 3.75. The molecule has 4 heterocycles. The maximum Gasteiger partial charge on any atom is 0.140 e. The molecular weight excluding hydrogens is 312 g/mol. The third-order valence-electron chi connectivity index (χ3n) is 4.63. The van der Waals surface area contributed by atoms with Crippen molar-refractivity contribution in [3.05, 3.63) is 17.3 Å². The van der Waals surface area contributed by atoms with Crippen molar-refractivity contribution >= 4 is 39.1 Å². The lowest BCUT2D eigenvalue weighted by molar-refractivity contribution is 0.378. The van der Waals surface area contributed by atoms with E-state index in [9.17, 15) is 0 Å². The van der Waals surface area contributed by atoms with Crippen molar-refractivity contribution < 1.29 is 0 Å². The highest BCUT2D eigenvalue weighted by Gasteiger charge is 2.25. The number of hydrogen-bond donors (Lipinski definition) is 1. The van der Waals surface area contributed by atoms with Crippen molar-refractivity contribution in [1.29, 1.82) is 0 Å². The first-order valence-corrected chi connectivity index (χ1v) is 10.1. The molecule has 2 aromatic rings. The lowest BCUT2D eigenvalue weighted by Gasteiger charge is -2.34. The summed E-state index contributed by atoms with van der Waals surface area (Å²) in [4.78, 5) is 13.8. The number of piperidine rings is 1. The number of nitrogens with zero attached hydrogens (tertiary/aromatic N) is 3. The molecule has 0 bridgehead atoms. The second kappa shape index (κ2) is 6.34. The largest absolute Gasteiger partial charge is 0.356 e. The average Bonchev–Trinajstić information content (AvgIpc) is 3.16. The Labute approximate surface area is 139 Å². The lowest BCUT2D eigenvalue weighted by atomic mass is 10.0. The zero-order valence-corrected chi connectivity index (χ0v) is 14.6. The van der Waals surface area contributed by atoms with E-state index in [1.54, 1.807) is 17.7 Å². The van der Waals surface area contributed by atoms with Gasteiger partial charge in [0, 0.05) is 35.8 Å². The third kappa shape index (κ3) is 2.96. The second-order valence-corrected chi connectivity index (χ2v) is 8.65. The van der Waals surface area contributed by atoms with Gasteiger partial charge in [0.25, 0.3) is 0 Å². The van der Waals surface area contributed by atoms with E-state index in [-0.39, 0.29) is 0 Å². The van der Waals surface area contributed by atoms with Crippen LogP contribution < -0.4 is 10.2 Å². The van der Waals surface area contributed by atoms with Crippen LogP contribution in [-0.4, -0.2) is 46.6 Å². The molecule has 1 N–H and O–H groups in total. The minimum absolute atomic E-state index is 0.682. The van der Waals surface area contributed by atoms with E-state index in [4.69, 9.17) is 0 Å². The van der Waals surface area contributed by atoms with Gasteiger partial charge >= 0.3 is 0 Å². The number of aryl methyl sites for hydroxylation is 1. The summed E-state index contributed by atoms with van der Waals surface area (Å²) in [5, 5.41) is 5.08. The lowest BCUT2D eigenvalue weighted by Crippen LogP contribution is -2.46. The molecule has 2 aromatic heterocycles. The standard InChI is InChI=1S/C16H22N4S2/c1-11-8-14-15(17-10-18-16(14)22-11)20-5-2-12(3-6-20)19-13-4-7-21-9-13/h8,10,12-13,19H,2-7,9H2,1H3/t13-/m1/s1. The summed E-state index contributed by atoms with van der Waals surface area (Å²) >= 11 is 3.84. The smallest absolute Gasteiger partial charge is 0.140 e. The Balaban J connectivity index is 1.44. The fraction of sp³-hybridized carbons (Fsp3) is 0.625. The van der Waals surface area contributed by atoms with Crippen LogP contribution in [0.4, 0.5) is 5.82 Å². The maximum atomic E-state index is 4.57. The summed E-state index contributed by atoms with van der Waals surface area (Å²) in [6.45, 7) is 4.34. The van der Waals surface area contributed by atoms with Gasteiger partial charge in [-0.05, 0) is 38.0 Å². The van der Waals surface area contributed by atoms with Crippen molar-refractivity contribution in [1.82, 2.24) is 15.3 Å². The Morgan fingerprint density at radius 1 is 1.18 bits per heavy atom. The number of thiophene rings is 1. The molecule has 1 atom stereocenters. The van der Waals surface area contributed by atoms with Crippen molar-refractivity contribution in [2.75, 3.05) is 29.5 Å². The summed E-state index contributed by atoms with van der Waals surface area (Å²) < 4.78 is 0. The second-order valence-electron chi connectivity index (χ2n) is 6.26. The zero-order valence-electron chi connectivity index (χ0n) is 12.9. The maximum absolute atomic E-state index is 4.57. The molecule has 0 saturated carbocycles. The van der Waals surface area contributed by atoms with Crippen LogP contribution in [0, 0.1) is 6.92 Å². The number of aromatic nitrogens is 2. The van der Waals surface area contributed by atoms with Crippen molar-refractivity contribution in [3.8, 4) is 0 Å². The molecule has 2 saturated heterocycles. The van der Waals surface area contributed by atoms with Gasteiger partial charge in [-0.1, -0.05) is 0 Å². The van der Waals surface area contributed by atoms with Gasteiger partial charge in [-0.2, -0.15) is 11.8 Å². The molecular formula is C16H22N4S2. The molecule has 0 unspecified atom stereocenters. The SMILES string of the molecule is Cc1cc2c(N3CCC(N[C@@H]4CCSC4)CC3)ncnc2s1. The minimum Gasteiger partial charge on any atom is -0.356 e. The first-order valence-electron chi connectivity index (χ1n) is 8.09. The molecule has 2 fully saturated rings. The number of rotatable bonds is 3. The predicted molar refractivity (Wildman–Crippen MR) is 96.3 cm³/mol. The van der Waals surface area contributed by atoms with Gasteiger partial charge < -0.3 is 10.2 Å². The molecule has 0 aliphatic carbocycles. The molecule has 0 aromatic carbocycles. The van der Waals surface area contributed by atoms with E-state index < -0.39 is 0 Å². The fourth-order valence-corrected chi connectivity index (χ4v) is 5.48. The van der Waals surface area contributed by atoms with E-state index in [1.807, 2.05) is 0 Å². The van der Waals surface area contributed by atoms with Gasteiger partial charge in [0.2, 0.25) is 0 Å². The van der Waals surface area contributed by atoms with Gasteiger partial charge in [-0.15, -0.1) is 11.3 Å². The Morgan fingerprint density at radius 3 is 2.82 bits per heavy atom. The van der Waals surface area contributed by atoms with E-state index >= 15 is 0 Å². The number of nitrogens with one attached hydrogen (secondary N) is 1. The van der Waals surface area contributed by atoms with Crippen LogP contribution in [0.15, 0.2) is 12.4 Å². The summed E-state index contributed by atoms with van der Waals surface area (Å²) in [5.41, 5.74) is 0. The summed E-state index contributed by atoms with van der Waals surface area (Å²) in [6, 6.07) is 3.66. The van der Waals surface area contributed by atoms with Gasteiger partial charge in [-0.3, -0.25) is 0 Å². The van der Waals surface area contributed by atoms with Crippen molar-refractivity contribution in [2.45, 2.75) is 38.3 Å². The monoisotopic (exact) mass is 334 g/mol. The van der Waals surface area contributed by atoms with Gasteiger partial charge in [0.1, 0.15) is 17.0 Å². The molecule has 0 amide bonds. The zero-order chi connectivity index (χ0) is 14.9. The summed E-state index contributed by atoms with van der Waals surface area (Å²) in [6.07, 6.45) is 5.49. The van der Waals surface area contributed by atoms with E-state index in [2.05, 4.69) is 44.9 Å². The molecule has 0 radical (unpaired) electrons. The molecule has 22 heavy (non-hydrogen) atoms. The molecule has 118 valence electrons. The van der Waals surface area contributed by atoms with Crippen LogP contribution in [0.2, 0.25) is 0 Å². The Kier molecular flexibility index (Phi) is 4.24. The van der Waals surface area contributed by atoms with Crippen molar-refractivity contribution in [3.63, 3.8) is 0 Å². The fourth-order valence-electron chi connectivity index (χ4n) is 3.47. The van der Waals surface area contributed by atoms with E-state index in [0.29, 0.717) is 6.04 Å². The van der Waals surface area contributed by atoms with Gasteiger partial charge in [0.05, 0.1) is 5.39 Å². The molecule has 4 rings (SSSR count). The van der Waals surface area contributed by atoms with Crippen molar-refractivity contribution in [2.24, 2.45) is 0 Å². The predicted octanol–water partition coefficient (Wildman–Crippen LogP) is 3.06. The highest BCUT2D eigenvalue weighted by molar-refractivity contribution is 7.99. The first kappa shape index (κ1) is 14.7. The molecule has 4 nitrogen and oxygen atoms in total. The van der Waals surface area contributed by atoms with Crippen LogP contribution in [0.3, 0.4) is 0 Å². The van der Waals surface area contributed by atoms with Crippen LogP contribution in [-0.2, 0) is 0 Å². The van der Waals surface area contributed by atoms with Crippen LogP contribution in [0.25, 0.3) is 10.2 Å². The Bertz CT molecular complexity index is 643. The van der Waals surface area contributed by atoms with Crippen LogP contribution in [0.5, 0.6) is 0 Å². The Hall–Kier alpha value is -0.850. The highest BCUT2D eigenvalue weighted by atomic mass is 32.2.